The molecule has 0 N–H and O–H groups in total. The van der Waals surface area contributed by atoms with Gasteiger partial charge in [0.1, 0.15) is 11.7 Å². The Balaban J connectivity index is 2.41. The first-order chi connectivity index (χ1) is 7.69. The standard InChI is InChI=1S/C11H19NO4/c1-3-16-7-6-12-5-4-10(13)9(8-12)11(14)15-2/h9H,3-8H2,1-2H3/t9-/m0/s1. The lowest BCUT2D eigenvalue weighted by molar-refractivity contribution is -0.152. The molecule has 0 saturated carbocycles. The molecule has 1 fully saturated rings. The topological polar surface area (TPSA) is 55.8 Å². The number of hydrogen-bond donors (Lipinski definition) is 0. The molecule has 1 saturated heterocycles. The molecule has 1 aliphatic heterocycles. The molecule has 5 heteroatoms. The van der Waals surface area contributed by atoms with Crippen molar-refractivity contribution in [2.24, 2.45) is 5.92 Å². The molecule has 0 aliphatic carbocycles. The third kappa shape index (κ3) is 3.57. The Morgan fingerprint density at radius 3 is 2.94 bits per heavy atom. The molecule has 1 rings (SSSR count). The summed E-state index contributed by atoms with van der Waals surface area (Å²) in [6.07, 6.45) is 0.423. The number of ether oxygens (including phenoxy) is 2. The number of ketones is 1. The van der Waals surface area contributed by atoms with Gasteiger partial charge in [-0.1, -0.05) is 0 Å². The van der Waals surface area contributed by atoms with Crippen molar-refractivity contribution in [3.8, 4) is 0 Å². The zero-order chi connectivity index (χ0) is 12.0. The molecular weight excluding hydrogens is 210 g/mol. The number of methoxy groups -OCH3 is 1. The molecule has 16 heavy (non-hydrogen) atoms. The Labute approximate surface area is 95.7 Å². The molecular formula is C11H19NO4. The molecule has 1 atom stereocenters. The van der Waals surface area contributed by atoms with Gasteiger partial charge in [0.15, 0.2) is 0 Å². The Morgan fingerprint density at radius 1 is 1.56 bits per heavy atom. The van der Waals surface area contributed by atoms with Crippen LogP contribution in [-0.4, -0.2) is 56.6 Å². The van der Waals surface area contributed by atoms with Gasteiger partial charge >= 0.3 is 5.97 Å². The van der Waals surface area contributed by atoms with Crippen LogP contribution in [0.15, 0.2) is 0 Å². The molecule has 92 valence electrons. The summed E-state index contributed by atoms with van der Waals surface area (Å²) in [5.74, 6) is -1.05. The average molecular weight is 229 g/mol. The summed E-state index contributed by atoms with van der Waals surface area (Å²) < 4.78 is 9.86. The highest BCUT2D eigenvalue weighted by molar-refractivity contribution is 5.99. The van der Waals surface area contributed by atoms with Gasteiger partial charge in [-0.25, -0.2) is 0 Å². The summed E-state index contributed by atoms with van der Waals surface area (Å²) in [5.41, 5.74) is 0. The van der Waals surface area contributed by atoms with E-state index in [1.54, 1.807) is 0 Å². The minimum absolute atomic E-state index is 0.0143. The number of likely N-dealkylation sites (tertiary alicyclic amines) is 1. The first-order valence-electron chi connectivity index (χ1n) is 5.59. The molecule has 5 nitrogen and oxygen atoms in total. The molecule has 1 aliphatic rings. The smallest absolute Gasteiger partial charge is 0.317 e. The van der Waals surface area contributed by atoms with Crippen molar-refractivity contribution in [2.75, 3.05) is 40.0 Å². The second kappa shape index (κ2) is 6.60. The number of hydrogen-bond acceptors (Lipinski definition) is 5. The predicted octanol–water partition coefficient (Wildman–Crippen LogP) is 0.0869. The first kappa shape index (κ1) is 13.1. The highest BCUT2D eigenvalue weighted by Gasteiger charge is 2.33. The van der Waals surface area contributed by atoms with E-state index in [1.807, 2.05) is 6.92 Å². The maximum absolute atomic E-state index is 11.5. The van der Waals surface area contributed by atoms with Crippen molar-refractivity contribution in [1.82, 2.24) is 4.90 Å². The van der Waals surface area contributed by atoms with Gasteiger partial charge in [0.2, 0.25) is 0 Å². The number of nitrogens with zero attached hydrogens (tertiary/aromatic N) is 1. The van der Waals surface area contributed by atoms with E-state index in [9.17, 15) is 9.59 Å². The normalized spacial score (nSPS) is 22.1. The third-order valence-corrected chi connectivity index (χ3v) is 2.75. The maximum atomic E-state index is 11.5. The highest BCUT2D eigenvalue weighted by atomic mass is 16.5. The number of carbonyl (C=O) groups excluding carboxylic acids is 2. The van der Waals surface area contributed by atoms with Crippen LogP contribution in [-0.2, 0) is 19.1 Å². The van der Waals surface area contributed by atoms with Gasteiger partial charge in [-0.05, 0) is 6.92 Å². The summed E-state index contributed by atoms with van der Waals surface area (Å²) in [6.45, 7) is 5.19. The van der Waals surface area contributed by atoms with Crippen LogP contribution in [0.3, 0.4) is 0 Å². The monoisotopic (exact) mass is 229 g/mol. The number of carbonyl (C=O) groups is 2. The first-order valence-corrected chi connectivity index (χ1v) is 5.59. The van der Waals surface area contributed by atoms with Crippen LogP contribution in [0, 0.1) is 5.92 Å². The van der Waals surface area contributed by atoms with Crippen molar-refractivity contribution >= 4 is 11.8 Å². The van der Waals surface area contributed by atoms with Gasteiger partial charge in [0.05, 0.1) is 13.7 Å². The van der Waals surface area contributed by atoms with Crippen LogP contribution >= 0.6 is 0 Å². The Morgan fingerprint density at radius 2 is 2.31 bits per heavy atom. The van der Waals surface area contributed by atoms with Crippen molar-refractivity contribution in [2.45, 2.75) is 13.3 Å². The fourth-order valence-electron chi connectivity index (χ4n) is 1.78. The second-order valence-electron chi connectivity index (χ2n) is 3.79. The number of esters is 1. The summed E-state index contributed by atoms with van der Waals surface area (Å²) in [4.78, 5) is 24.9. The summed E-state index contributed by atoms with van der Waals surface area (Å²) in [6, 6.07) is 0. The van der Waals surface area contributed by atoms with Crippen LogP contribution in [0.5, 0.6) is 0 Å². The number of piperidine rings is 1. The van der Waals surface area contributed by atoms with Crippen molar-refractivity contribution in [3.05, 3.63) is 0 Å². The van der Waals surface area contributed by atoms with Gasteiger partial charge in [-0.3, -0.25) is 14.5 Å². The lowest BCUT2D eigenvalue weighted by atomic mass is 9.97. The van der Waals surface area contributed by atoms with Gasteiger partial charge < -0.3 is 9.47 Å². The Hall–Kier alpha value is -0.940. The molecule has 1 heterocycles. The zero-order valence-electron chi connectivity index (χ0n) is 9.90. The SMILES string of the molecule is CCOCCN1CCC(=O)[C@@H](C(=O)OC)C1. The average Bonchev–Trinajstić information content (AvgIpc) is 2.30. The van der Waals surface area contributed by atoms with Crippen molar-refractivity contribution < 1.29 is 19.1 Å². The quantitative estimate of drug-likeness (QED) is 0.380. The molecule has 0 unspecified atom stereocenters. The van der Waals surface area contributed by atoms with E-state index in [4.69, 9.17) is 4.74 Å². The van der Waals surface area contributed by atoms with Gasteiger partial charge in [-0.15, -0.1) is 0 Å². The van der Waals surface area contributed by atoms with Crippen LogP contribution in [0.4, 0.5) is 0 Å². The van der Waals surface area contributed by atoms with E-state index in [0.717, 1.165) is 6.54 Å². The maximum Gasteiger partial charge on any atom is 0.317 e. The van der Waals surface area contributed by atoms with Crippen LogP contribution < -0.4 is 0 Å². The summed E-state index contributed by atoms with van der Waals surface area (Å²) in [5, 5.41) is 0. The number of Topliss-reactive ketones (excluding diaryl/α,β-unsaturated/α-hetero) is 1. The fourth-order valence-corrected chi connectivity index (χ4v) is 1.78. The minimum atomic E-state index is -0.611. The largest absolute Gasteiger partial charge is 0.468 e. The zero-order valence-corrected chi connectivity index (χ0v) is 9.90. The molecule has 0 aromatic heterocycles. The van der Waals surface area contributed by atoms with E-state index in [1.165, 1.54) is 7.11 Å². The van der Waals surface area contributed by atoms with E-state index in [0.29, 0.717) is 32.7 Å². The van der Waals surface area contributed by atoms with E-state index < -0.39 is 11.9 Å². The summed E-state index contributed by atoms with van der Waals surface area (Å²) >= 11 is 0. The van der Waals surface area contributed by atoms with Crippen LogP contribution in [0.25, 0.3) is 0 Å². The highest BCUT2D eigenvalue weighted by Crippen LogP contribution is 2.14. The molecule has 0 spiro atoms. The molecule has 0 aromatic rings. The van der Waals surface area contributed by atoms with Gasteiger partial charge in [-0.2, -0.15) is 0 Å². The van der Waals surface area contributed by atoms with E-state index in [2.05, 4.69) is 9.64 Å². The van der Waals surface area contributed by atoms with Crippen LogP contribution in [0.1, 0.15) is 13.3 Å². The second-order valence-corrected chi connectivity index (χ2v) is 3.79. The Bertz CT molecular complexity index is 246. The predicted molar refractivity (Wildman–Crippen MR) is 58.1 cm³/mol. The van der Waals surface area contributed by atoms with Crippen molar-refractivity contribution in [3.63, 3.8) is 0 Å². The third-order valence-electron chi connectivity index (χ3n) is 2.75. The summed E-state index contributed by atoms with van der Waals surface area (Å²) in [7, 11) is 1.31. The van der Waals surface area contributed by atoms with Crippen LogP contribution in [0.2, 0.25) is 0 Å². The Kier molecular flexibility index (Phi) is 5.42. The van der Waals surface area contributed by atoms with E-state index in [-0.39, 0.29) is 5.78 Å². The minimum Gasteiger partial charge on any atom is -0.468 e. The van der Waals surface area contributed by atoms with E-state index >= 15 is 0 Å². The fraction of sp³-hybridized carbons (Fsp3) is 0.818. The number of rotatable bonds is 5. The molecule has 0 aromatic carbocycles. The lowest BCUT2D eigenvalue weighted by Crippen LogP contribution is -2.45. The van der Waals surface area contributed by atoms with Gasteiger partial charge in [0, 0.05) is 32.7 Å². The molecule has 0 amide bonds. The van der Waals surface area contributed by atoms with Crippen molar-refractivity contribution in [1.29, 1.82) is 0 Å². The lowest BCUT2D eigenvalue weighted by Gasteiger charge is -2.30. The molecule has 0 radical (unpaired) electrons. The van der Waals surface area contributed by atoms with Gasteiger partial charge in [0.25, 0.3) is 0 Å². The molecule has 0 bridgehead atoms.